The Morgan fingerprint density at radius 2 is 1.50 bits per heavy atom. The molecule has 1 N–H and O–H groups in total. The summed E-state index contributed by atoms with van der Waals surface area (Å²) in [6, 6.07) is 27.0. The molecule has 1 aliphatic rings. The number of hydrogen-bond donors (Lipinski definition) is 1. The zero-order valence-corrected chi connectivity index (χ0v) is 20.5. The Balaban J connectivity index is 0.00000141. The minimum absolute atomic E-state index is 0.282. The molecule has 2 unspecified atom stereocenters. The first-order valence-electron chi connectivity index (χ1n) is 10.8. The molecule has 0 amide bonds. The minimum Gasteiger partial charge on any atom is -0.492 e. The van der Waals surface area contributed by atoms with Gasteiger partial charge in [0.1, 0.15) is 12.4 Å². The van der Waals surface area contributed by atoms with Crippen molar-refractivity contribution in [1.29, 1.82) is 0 Å². The number of anilines is 1. The van der Waals surface area contributed by atoms with Crippen molar-refractivity contribution in [2.24, 2.45) is 0 Å². The van der Waals surface area contributed by atoms with Gasteiger partial charge in [0, 0.05) is 41.2 Å². The summed E-state index contributed by atoms with van der Waals surface area (Å²) in [6.07, 6.45) is 3.58. The molecule has 1 heterocycles. The lowest BCUT2D eigenvalue weighted by atomic mass is 9.91. The highest BCUT2D eigenvalue weighted by atomic mass is 35.5. The minimum atomic E-state index is 0.282. The molecule has 0 aliphatic carbocycles. The van der Waals surface area contributed by atoms with Gasteiger partial charge in [0.15, 0.2) is 0 Å². The monoisotopic (exact) mass is 490 g/mol. The number of nitrogens with zero attached hydrogens (tertiary/aromatic N) is 1. The van der Waals surface area contributed by atoms with Crippen LogP contribution in [0, 0.1) is 0 Å². The topological polar surface area (TPSA) is 24.5 Å². The lowest BCUT2D eigenvalue weighted by Crippen LogP contribution is -2.45. The summed E-state index contributed by atoms with van der Waals surface area (Å²) in [4.78, 5) is 2.47. The maximum Gasteiger partial charge on any atom is 0.119 e. The summed E-state index contributed by atoms with van der Waals surface area (Å²) in [7, 11) is 0. The molecule has 3 aromatic carbocycles. The predicted octanol–water partition coefficient (Wildman–Crippen LogP) is 7.23. The number of alkyl halides is 1. The summed E-state index contributed by atoms with van der Waals surface area (Å²) in [6.45, 7) is 2.47. The summed E-state index contributed by atoms with van der Waals surface area (Å²) >= 11 is 16.9. The van der Waals surface area contributed by atoms with Crippen molar-refractivity contribution in [3.05, 3.63) is 94.5 Å². The molecule has 4 rings (SSSR count). The summed E-state index contributed by atoms with van der Waals surface area (Å²) in [5, 5.41) is 5.21. The second-order valence-electron chi connectivity index (χ2n) is 7.57. The molecule has 0 spiro atoms. The Labute approximate surface area is 206 Å². The molecule has 0 saturated carbocycles. The second-order valence-corrected chi connectivity index (χ2v) is 8.45. The molecular formula is C26H29Cl3N2O. The largest absolute Gasteiger partial charge is 0.492 e. The van der Waals surface area contributed by atoms with Gasteiger partial charge in [0.2, 0.25) is 0 Å². The van der Waals surface area contributed by atoms with Gasteiger partial charge in [-0.25, -0.2) is 0 Å². The SMILES string of the molecule is CCl.Clc1ccc(C2CC(NCCOc3ccccc3)CCN2c2ccc(Cl)cc2)cc1. The summed E-state index contributed by atoms with van der Waals surface area (Å²) in [5.41, 5.74) is 2.48. The van der Waals surface area contributed by atoms with Gasteiger partial charge in [-0.3, -0.25) is 0 Å². The molecule has 3 aromatic rings. The van der Waals surface area contributed by atoms with Crippen LogP contribution in [0.25, 0.3) is 0 Å². The molecule has 1 aliphatic heterocycles. The van der Waals surface area contributed by atoms with E-state index in [0.29, 0.717) is 12.6 Å². The van der Waals surface area contributed by atoms with Gasteiger partial charge >= 0.3 is 0 Å². The second kappa shape index (κ2) is 13.0. The lowest BCUT2D eigenvalue weighted by Gasteiger charge is -2.41. The zero-order valence-electron chi connectivity index (χ0n) is 18.2. The highest BCUT2D eigenvalue weighted by molar-refractivity contribution is 6.30. The quantitative estimate of drug-likeness (QED) is 0.279. The van der Waals surface area contributed by atoms with E-state index in [2.05, 4.69) is 46.1 Å². The van der Waals surface area contributed by atoms with Gasteiger partial charge in [-0.1, -0.05) is 53.5 Å². The number of benzene rings is 3. The number of ether oxygens (including phenoxy) is 1. The van der Waals surface area contributed by atoms with Gasteiger partial charge in [-0.15, -0.1) is 11.6 Å². The van der Waals surface area contributed by atoms with Crippen LogP contribution in [0.3, 0.4) is 0 Å². The first-order valence-corrected chi connectivity index (χ1v) is 12.3. The van der Waals surface area contributed by atoms with Gasteiger partial charge in [-0.2, -0.15) is 0 Å². The van der Waals surface area contributed by atoms with Crippen LogP contribution >= 0.6 is 34.8 Å². The van der Waals surface area contributed by atoms with E-state index in [1.165, 1.54) is 17.6 Å². The van der Waals surface area contributed by atoms with Crippen LogP contribution in [0.2, 0.25) is 10.0 Å². The van der Waals surface area contributed by atoms with E-state index >= 15 is 0 Å². The molecule has 6 heteroatoms. The lowest BCUT2D eigenvalue weighted by molar-refractivity contribution is 0.287. The smallest absolute Gasteiger partial charge is 0.119 e. The highest BCUT2D eigenvalue weighted by Crippen LogP contribution is 2.36. The van der Waals surface area contributed by atoms with Crippen molar-refractivity contribution in [2.75, 3.05) is 31.0 Å². The van der Waals surface area contributed by atoms with E-state index in [0.717, 1.165) is 41.7 Å². The standard InChI is InChI=1S/C25H26Cl2N2O.CH3Cl/c26-20-8-6-19(7-9-20)25-18-22(28-15-17-30-24-4-2-1-3-5-24)14-16-29(25)23-12-10-21(27)11-13-23;1-2/h1-13,22,25,28H,14-18H2;1H3. The average Bonchev–Trinajstić information content (AvgIpc) is 2.85. The maximum atomic E-state index is 6.13. The normalized spacial score (nSPS) is 17.9. The van der Waals surface area contributed by atoms with E-state index in [1.807, 2.05) is 54.6 Å². The van der Waals surface area contributed by atoms with Crippen molar-refractivity contribution in [3.63, 3.8) is 0 Å². The zero-order chi connectivity index (χ0) is 22.8. The molecule has 32 heavy (non-hydrogen) atoms. The van der Waals surface area contributed by atoms with Crippen LogP contribution in [0.15, 0.2) is 78.9 Å². The van der Waals surface area contributed by atoms with Crippen molar-refractivity contribution in [1.82, 2.24) is 5.32 Å². The number of piperidine rings is 1. The third-order valence-corrected chi connectivity index (χ3v) is 6.07. The number of nitrogens with one attached hydrogen (secondary N) is 1. The van der Waals surface area contributed by atoms with Crippen molar-refractivity contribution in [3.8, 4) is 5.75 Å². The first kappa shape index (κ1) is 24.7. The third-order valence-electron chi connectivity index (χ3n) is 5.56. The molecule has 170 valence electrons. The maximum absolute atomic E-state index is 6.13. The van der Waals surface area contributed by atoms with Crippen LogP contribution in [0.4, 0.5) is 5.69 Å². The number of rotatable bonds is 7. The molecular weight excluding hydrogens is 463 g/mol. The molecule has 0 bridgehead atoms. The Bertz CT molecular complexity index is 920. The summed E-state index contributed by atoms with van der Waals surface area (Å²) in [5.74, 6) is 0.913. The Morgan fingerprint density at radius 3 is 2.16 bits per heavy atom. The van der Waals surface area contributed by atoms with Gasteiger partial charge in [0.05, 0.1) is 6.04 Å². The molecule has 0 aromatic heterocycles. The fourth-order valence-electron chi connectivity index (χ4n) is 4.04. The predicted molar refractivity (Wildman–Crippen MR) is 138 cm³/mol. The Hall–Kier alpha value is -1.91. The molecule has 3 nitrogen and oxygen atoms in total. The Kier molecular flexibility index (Phi) is 10.0. The summed E-state index contributed by atoms with van der Waals surface area (Å²) < 4.78 is 5.82. The van der Waals surface area contributed by atoms with Crippen LogP contribution in [-0.4, -0.2) is 32.1 Å². The van der Waals surface area contributed by atoms with Crippen molar-refractivity contribution >= 4 is 40.5 Å². The fraction of sp³-hybridized carbons (Fsp3) is 0.308. The first-order chi connectivity index (χ1) is 15.7. The van der Waals surface area contributed by atoms with Crippen molar-refractivity contribution < 1.29 is 4.74 Å². The van der Waals surface area contributed by atoms with Crippen LogP contribution in [-0.2, 0) is 0 Å². The third kappa shape index (κ3) is 7.05. The van der Waals surface area contributed by atoms with E-state index in [4.69, 9.17) is 27.9 Å². The van der Waals surface area contributed by atoms with Gasteiger partial charge < -0.3 is 15.0 Å². The molecule has 0 radical (unpaired) electrons. The van der Waals surface area contributed by atoms with Gasteiger partial charge in [-0.05, 0) is 66.9 Å². The van der Waals surface area contributed by atoms with Crippen LogP contribution < -0.4 is 15.0 Å². The van der Waals surface area contributed by atoms with E-state index in [1.54, 1.807) is 0 Å². The van der Waals surface area contributed by atoms with E-state index in [-0.39, 0.29) is 6.04 Å². The van der Waals surface area contributed by atoms with Gasteiger partial charge in [0.25, 0.3) is 0 Å². The molecule has 1 fully saturated rings. The number of halogens is 3. The van der Waals surface area contributed by atoms with Crippen molar-refractivity contribution in [2.45, 2.75) is 24.9 Å². The number of para-hydroxylation sites is 1. The van der Waals surface area contributed by atoms with E-state index < -0.39 is 0 Å². The Morgan fingerprint density at radius 1 is 0.875 bits per heavy atom. The fourth-order valence-corrected chi connectivity index (χ4v) is 4.29. The molecule has 1 saturated heterocycles. The highest BCUT2D eigenvalue weighted by Gasteiger charge is 2.29. The van der Waals surface area contributed by atoms with Crippen LogP contribution in [0.5, 0.6) is 5.75 Å². The number of hydrogen-bond acceptors (Lipinski definition) is 3. The molecule has 2 atom stereocenters. The van der Waals surface area contributed by atoms with Crippen LogP contribution in [0.1, 0.15) is 24.4 Å². The van der Waals surface area contributed by atoms with E-state index in [9.17, 15) is 0 Å². The average molecular weight is 492 g/mol.